The molecule has 0 N–H and O–H groups in total. The van der Waals surface area contributed by atoms with E-state index in [9.17, 15) is 24.3 Å². The monoisotopic (exact) mass is 387 g/mol. The Morgan fingerprint density at radius 2 is 1.67 bits per heavy atom. The highest BCUT2D eigenvalue weighted by molar-refractivity contribution is 8.18. The number of carboxylic acids is 1. The Morgan fingerprint density at radius 3 is 2.26 bits per heavy atom. The third-order valence-corrected chi connectivity index (χ3v) is 5.48. The van der Waals surface area contributed by atoms with Crippen LogP contribution in [0.25, 0.3) is 6.08 Å². The van der Waals surface area contributed by atoms with Gasteiger partial charge in [-0.15, -0.1) is 0 Å². The van der Waals surface area contributed by atoms with Crippen LogP contribution in [0.1, 0.15) is 41.6 Å². The molecule has 3 rings (SSSR count). The lowest BCUT2D eigenvalue weighted by Gasteiger charge is -2.22. The summed E-state index contributed by atoms with van der Waals surface area (Å²) in [6.07, 6.45) is 5.57. The molecule has 0 aromatic heterocycles. The summed E-state index contributed by atoms with van der Waals surface area (Å²) in [5.41, 5.74) is 0.618. The van der Waals surface area contributed by atoms with Gasteiger partial charge in [0.2, 0.25) is 5.91 Å². The number of amides is 3. The van der Waals surface area contributed by atoms with Gasteiger partial charge < -0.3 is 14.8 Å². The number of thioether (sulfide) groups is 1. The molecule has 0 atom stereocenters. The molecular weight excluding hydrogens is 368 g/mol. The highest BCUT2D eigenvalue weighted by atomic mass is 32.2. The Kier molecular flexibility index (Phi) is 5.95. The van der Waals surface area contributed by atoms with Crippen LogP contribution in [0.15, 0.2) is 29.2 Å². The average Bonchev–Trinajstić information content (AvgIpc) is 2.86. The standard InChI is InChI=1S/C19H20N2O5S/c22-16(20-9-3-1-2-4-10-20)12-21-17(23)15(27-19(21)26)11-13-5-7-14(8-6-13)18(24)25/h5-8,11H,1-4,9-10,12H2,(H,24,25)/p-1/b15-11+. The van der Waals surface area contributed by atoms with Crippen molar-refractivity contribution in [1.29, 1.82) is 0 Å². The van der Waals surface area contributed by atoms with E-state index < -0.39 is 17.1 Å². The van der Waals surface area contributed by atoms with E-state index in [0.717, 1.165) is 42.3 Å². The summed E-state index contributed by atoms with van der Waals surface area (Å²) in [6, 6.07) is 5.80. The molecule has 7 nitrogen and oxygen atoms in total. The van der Waals surface area contributed by atoms with Crippen LogP contribution in [0.3, 0.4) is 0 Å². The lowest BCUT2D eigenvalue weighted by Crippen LogP contribution is -2.42. The summed E-state index contributed by atoms with van der Waals surface area (Å²) < 4.78 is 0. The summed E-state index contributed by atoms with van der Waals surface area (Å²) in [5.74, 6) is -2.00. The first-order chi connectivity index (χ1) is 13.0. The molecule has 2 aliphatic heterocycles. The number of carboxylic acid groups (broad SMARTS) is 1. The maximum Gasteiger partial charge on any atom is 0.294 e. The molecule has 142 valence electrons. The van der Waals surface area contributed by atoms with Gasteiger partial charge in [-0.25, -0.2) is 0 Å². The molecule has 2 saturated heterocycles. The predicted molar refractivity (Wildman–Crippen MR) is 98.5 cm³/mol. The van der Waals surface area contributed by atoms with E-state index in [1.807, 2.05) is 0 Å². The summed E-state index contributed by atoms with van der Waals surface area (Å²) in [5, 5.41) is 10.3. The highest BCUT2D eigenvalue weighted by Crippen LogP contribution is 2.32. The van der Waals surface area contributed by atoms with Crippen LogP contribution in [0, 0.1) is 0 Å². The van der Waals surface area contributed by atoms with Gasteiger partial charge in [0, 0.05) is 13.1 Å². The summed E-state index contributed by atoms with van der Waals surface area (Å²) in [7, 11) is 0. The number of rotatable bonds is 4. The molecule has 2 heterocycles. The first kappa shape index (κ1) is 19.2. The van der Waals surface area contributed by atoms with Crippen LogP contribution < -0.4 is 5.11 Å². The quantitative estimate of drug-likeness (QED) is 0.726. The highest BCUT2D eigenvalue weighted by Gasteiger charge is 2.37. The molecule has 0 radical (unpaired) electrons. The molecule has 0 unspecified atom stereocenters. The lowest BCUT2D eigenvalue weighted by molar-refractivity contribution is -0.255. The van der Waals surface area contributed by atoms with E-state index in [-0.39, 0.29) is 22.9 Å². The number of hydrogen-bond acceptors (Lipinski definition) is 6. The van der Waals surface area contributed by atoms with E-state index in [1.54, 1.807) is 4.90 Å². The van der Waals surface area contributed by atoms with E-state index in [2.05, 4.69) is 0 Å². The molecule has 1 aromatic carbocycles. The fourth-order valence-electron chi connectivity index (χ4n) is 3.06. The van der Waals surface area contributed by atoms with Crippen LogP contribution in [0.5, 0.6) is 0 Å². The van der Waals surface area contributed by atoms with Crippen LogP contribution in [0.2, 0.25) is 0 Å². The van der Waals surface area contributed by atoms with Gasteiger partial charge in [0.15, 0.2) is 0 Å². The molecule has 2 fully saturated rings. The number of carbonyl (C=O) groups excluding carboxylic acids is 4. The molecule has 2 aliphatic rings. The third kappa shape index (κ3) is 4.57. The van der Waals surface area contributed by atoms with Crippen molar-refractivity contribution >= 4 is 40.9 Å². The SMILES string of the molecule is O=C([O-])c1ccc(/C=C2/SC(=O)N(CC(=O)N3CCCCCC3)C2=O)cc1. The molecule has 3 amide bonds. The summed E-state index contributed by atoms with van der Waals surface area (Å²) in [4.78, 5) is 50.8. The largest absolute Gasteiger partial charge is 0.545 e. The minimum Gasteiger partial charge on any atom is -0.545 e. The molecule has 0 bridgehead atoms. The van der Waals surface area contributed by atoms with E-state index in [4.69, 9.17) is 0 Å². The van der Waals surface area contributed by atoms with Gasteiger partial charge in [-0.3, -0.25) is 19.3 Å². The fraction of sp³-hybridized carbons (Fsp3) is 0.368. The zero-order chi connectivity index (χ0) is 19.4. The van der Waals surface area contributed by atoms with Gasteiger partial charge >= 0.3 is 0 Å². The zero-order valence-corrected chi connectivity index (χ0v) is 15.5. The number of carbonyl (C=O) groups is 4. The van der Waals surface area contributed by atoms with Crippen molar-refractivity contribution in [2.75, 3.05) is 19.6 Å². The first-order valence-electron chi connectivity index (χ1n) is 8.80. The van der Waals surface area contributed by atoms with Crippen molar-refractivity contribution in [3.8, 4) is 0 Å². The predicted octanol–water partition coefficient (Wildman–Crippen LogP) is 1.49. The van der Waals surface area contributed by atoms with E-state index in [0.29, 0.717) is 18.7 Å². The number of likely N-dealkylation sites (tertiary alicyclic amines) is 1. The zero-order valence-electron chi connectivity index (χ0n) is 14.7. The molecule has 0 saturated carbocycles. The summed E-state index contributed by atoms with van der Waals surface area (Å²) >= 11 is 0.779. The van der Waals surface area contributed by atoms with Gasteiger partial charge in [0.05, 0.1) is 10.9 Å². The van der Waals surface area contributed by atoms with Crippen molar-refractivity contribution in [1.82, 2.24) is 9.80 Å². The third-order valence-electron chi connectivity index (χ3n) is 4.57. The van der Waals surface area contributed by atoms with Gasteiger partial charge in [0.25, 0.3) is 11.1 Å². The number of aromatic carboxylic acids is 1. The van der Waals surface area contributed by atoms with Crippen molar-refractivity contribution < 1.29 is 24.3 Å². The molecule has 8 heteroatoms. The Balaban J connectivity index is 1.68. The Hall–Kier alpha value is -2.61. The molecule has 0 aliphatic carbocycles. The lowest BCUT2D eigenvalue weighted by atomic mass is 10.1. The molecule has 27 heavy (non-hydrogen) atoms. The average molecular weight is 387 g/mol. The van der Waals surface area contributed by atoms with Gasteiger partial charge in [-0.1, -0.05) is 37.1 Å². The number of benzene rings is 1. The van der Waals surface area contributed by atoms with Crippen LogP contribution >= 0.6 is 11.8 Å². The van der Waals surface area contributed by atoms with Gasteiger partial charge in [-0.2, -0.15) is 0 Å². The molecular formula is C19H19N2O5S-. The van der Waals surface area contributed by atoms with E-state index >= 15 is 0 Å². The fourth-order valence-corrected chi connectivity index (χ4v) is 3.90. The Morgan fingerprint density at radius 1 is 1.04 bits per heavy atom. The van der Waals surface area contributed by atoms with Crippen molar-refractivity contribution in [2.24, 2.45) is 0 Å². The number of imide groups is 1. The number of nitrogens with zero attached hydrogens (tertiary/aromatic N) is 2. The van der Waals surface area contributed by atoms with Crippen LogP contribution in [-0.4, -0.2) is 52.5 Å². The maximum atomic E-state index is 12.5. The topological polar surface area (TPSA) is 97.8 Å². The van der Waals surface area contributed by atoms with Crippen molar-refractivity contribution in [2.45, 2.75) is 25.7 Å². The maximum absolute atomic E-state index is 12.5. The minimum atomic E-state index is -1.28. The second-order valence-corrected chi connectivity index (χ2v) is 7.47. The molecule has 0 spiro atoms. The number of hydrogen-bond donors (Lipinski definition) is 0. The van der Waals surface area contributed by atoms with Crippen molar-refractivity contribution in [3.63, 3.8) is 0 Å². The Bertz CT molecular complexity index is 795. The van der Waals surface area contributed by atoms with Gasteiger partial charge in [-0.05, 0) is 41.8 Å². The normalized spacial score (nSPS) is 19.5. The van der Waals surface area contributed by atoms with Crippen LogP contribution in [-0.2, 0) is 9.59 Å². The van der Waals surface area contributed by atoms with Crippen LogP contribution in [0.4, 0.5) is 4.79 Å². The second-order valence-electron chi connectivity index (χ2n) is 6.47. The minimum absolute atomic E-state index is 0.0308. The molecule has 1 aromatic rings. The Labute approximate surface area is 161 Å². The smallest absolute Gasteiger partial charge is 0.294 e. The summed E-state index contributed by atoms with van der Waals surface area (Å²) in [6.45, 7) is 1.08. The first-order valence-corrected chi connectivity index (χ1v) is 9.62. The second kappa shape index (κ2) is 8.39. The van der Waals surface area contributed by atoms with E-state index in [1.165, 1.54) is 30.3 Å². The van der Waals surface area contributed by atoms with Gasteiger partial charge in [0.1, 0.15) is 6.54 Å². The van der Waals surface area contributed by atoms with Crippen molar-refractivity contribution in [3.05, 3.63) is 40.3 Å².